The van der Waals surface area contributed by atoms with E-state index < -0.39 is 10.0 Å². The van der Waals surface area contributed by atoms with E-state index in [0.29, 0.717) is 29.7 Å². The molecule has 2 aliphatic rings. The molecule has 5 nitrogen and oxygen atoms in total. The molecule has 110 valence electrons. The van der Waals surface area contributed by atoms with Gasteiger partial charge >= 0.3 is 0 Å². The summed E-state index contributed by atoms with van der Waals surface area (Å²) in [6.07, 6.45) is 3.40. The monoisotopic (exact) mass is 295 g/mol. The van der Waals surface area contributed by atoms with Crippen molar-refractivity contribution in [2.24, 2.45) is 0 Å². The molecule has 0 radical (unpaired) electrons. The molecule has 2 heterocycles. The number of nitrogen functional groups attached to an aromatic ring is 1. The van der Waals surface area contributed by atoms with Crippen molar-refractivity contribution < 1.29 is 8.42 Å². The van der Waals surface area contributed by atoms with Crippen molar-refractivity contribution in [2.45, 2.75) is 30.2 Å². The van der Waals surface area contributed by atoms with Crippen LogP contribution in [0, 0.1) is 0 Å². The van der Waals surface area contributed by atoms with Crippen LogP contribution in [0.25, 0.3) is 0 Å². The molecule has 1 atom stereocenters. The fraction of sp³-hybridized carbons (Fsp3) is 0.571. The Bertz CT molecular complexity index is 582. The summed E-state index contributed by atoms with van der Waals surface area (Å²) in [6, 6.07) is 6.94. The molecule has 20 heavy (non-hydrogen) atoms. The van der Waals surface area contributed by atoms with Gasteiger partial charge in [-0.05, 0) is 50.6 Å². The minimum absolute atomic E-state index is 0.305. The van der Waals surface area contributed by atoms with Crippen LogP contribution in [0.1, 0.15) is 19.3 Å². The molecule has 2 N–H and O–H groups in total. The number of likely N-dealkylation sites (tertiary alicyclic amines) is 1. The minimum Gasteiger partial charge on any atom is -0.399 e. The quantitative estimate of drug-likeness (QED) is 0.849. The van der Waals surface area contributed by atoms with Gasteiger partial charge in [0.15, 0.2) is 0 Å². The Hall–Kier alpha value is -1.11. The van der Waals surface area contributed by atoms with Gasteiger partial charge in [-0.25, -0.2) is 8.42 Å². The molecule has 0 amide bonds. The van der Waals surface area contributed by atoms with Gasteiger partial charge in [-0.15, -0.1) is 0 Å². The highest BCUT2D eigenvalue weighted by molar-refractivity contribution is 7.89. The first-order valence-corrected chi connectivity index (χ1v) is 8.61. The van der Waals surface area contributed by atoms with Gasteiger partial charge in [0, 0.05) is 24.8 Å². The van der Waals surface area contributed by atoms with Gasteiger partial charge < -0.3 is 5.73 Å². The number of hydrogen-bond donors (Lipinski definition) is 1. The van der Waals surface area contributed by atoms with Crippen molar-refractivity contribution in [3.05, 3.63) is 24.3 Å². The molecule has 2 saturated heterocycles. The smallest absolute Gasteiger partial charge is 0.243 e. The molecule has 6 heteroatoms. The largest absolute Gasteiger partial charge is 0.399 e. The lowest BCUT2D eigenvalue weighted by Gasteiger charge is -2.23. The molecule has 1 aromatic carbocycles. The highest BCUT2D eigenvalue weighted by Crippen LogP contribution is 2.26. The molecule has 3 rings (SSSR count). The zero-order valence-electron chi connectivity index (χ0n) is 11.5. The lowest BCUT2D eigenvalue weighted by Crippen LogP contribution is -2.37. The van der Waals surface area contributed by atoms with Crippen molar-refractivity contribution >= 4 is 15.7 Å². The predicted molar refractivity (Wildman–Crippen MR) is 78.8 cm³/mol. The van der Waals surface area contributed by atoms with E-state index >= 15 is 0 Å². The number of benzene rings is 1. The highest BCUT2D eigenvalue weighted by Gasteiger charge is 2.35. The Morgan fingerprint density at radius 2 is 1.90 bits per heavy atom. The first-order valence-electron chi connectivity index (χ1n) is 7.17. The zero-order chi connectivity index (χ0) is 14.2. The normalized spacial score (nSPS) is 25.3. The zero-order valence-corrected chi connectivity index (χ0v) is 12.3. The minimum atomic E-state index is -3.40. The lowest BCUT2D eigenvalue weighted by atomic mass is 10.2. The van der Waals surface area contributed by atoms with E-state index in [1.165, 1.54) is 12.8 Å². The molecule has 0 saturated carbocycles. The molecule has 0 aromatic heterocycles. The van der Waals surface area contributed by atoms with E-state index in [2.05, 4.69) is 4.90 Å². The molecule has 0 bridgehead atoms. The molecule has 2 aliphatic heterocycles. The predicted octanol–water partition coefficient (Wildman–Crippen LogP) is 1.13. The molecule has 1 aromatic rings. The van der Waals surface area contributed by atoms with Gasteiger partial charge in [0.2, 0.25) is 10.0 Å². The second-order valence-corrected chi connectivity index (χ2v) is 7.56. The van der Waals surface area contributed by atoms with Crippen LogP contribution < -0.4 is 5.73 Å². The second-order valence-electron chi connectivity index (χ2n) is 5.62. The maximum absolute atomic E-state index is 12.6. The Balaban J connectivity index is 1.76. The van der Waals surface area contributed by atoms with Gasteiger partial charge in [-0.2, -0.15) is 4.31 Å². The van der Waals surface area contributed by atoms with Crippen LogP contribution >= 0.6 is 0 Å². The topological polar surface area (TPSA) is 66.6 Å². The Kier molecular flexibility index (Phi) is 3.70. The number of rotatable bonds is 3. The summed E-state index contributed by atoms with van der Waals surface area (Å²) in [5, 5.41) is 0. The maximum atomic E-state index is 12.6. The highest BCUT2D eigenvalue weighted by atomic mass is 32.2. The third-order valence-electron chi connectivity index (χ3n) is 4.28. The van der Waals surface area contributed by atoms with Crippen LogP contribution in [0.5, 0.6) is 0 Å². The number of anilines is 1. The SMILES string of the molecule is Nc1cccc(S(=O)(=O)N2CCC(N3CCCC3)C2)c1. The Labute approximate surface area is 120 Å². The van der Waals surface area contributed by atoms with Crippen molar-refractivity contribution in [2.75, 3.05) is 31.9 Å². The van der Waals surface area contributed by atoms with Crippen LogP contribution in [0.3, 0.4) is 0 Å². The van der Waals surface area contributed by atoms with Gasteiger partial charge in [0.05, 0.1) is 4.90 Å². The number of nitrogens with two attached hydrogens (primary N) is 1. The number of sulfonamides is 1. The summed E-state index contributed by atoms with van der Waals surface area (Å²) in [5.41, 5.74) is 6.18. The van der Waals surface area contributed by atoms with Crippen LogP contribution in [0.4, 0.5) is 5.69 Å². The third kappa shape index (κ3) is 2.55. The average Bonchev–Trinajstić information content (AvgIpc) is 3.10. The Morgan fingerprint density at radius 3 is 2.60 bits per heavy atom. The first-order chi connectivity index (χ1) is 9.57. The van der Waals surface area contributed by atoms with Crippen molar-refractivity contribution in [1.82, 2.24) is 9.21 Å². The number of nitrogens with zero attached hydrogens (tertiary/aromatic N) is 2. The summed E-state index contributed by atoms with van der Waals surface area (Å²) < 4.78 is 26.8. The summed E-state index contributed by atoms with van der Waals surface area (Å²) >= 11 is 0. The van der Waals surface area contributed by atoms with E-state index in [0.717, 1.165) is 19.5 Å². The van der Waals surface area contributed by atoms with E-state index in [1.54, 1.807) is 28.6 Å². The van der Waals surface area contributed by atoms with Gasteiger partial charge in [-0.3, -0.25) is 4.90 Å². The van der Waals surface area contributed by atoms with E-state index in [1.807, 2.05) is 0 Å². The molecule has 2 fully saturated rings. The summed E-state index contributed by atoms with van der Waals surface area (Å²) in [5.74, 6) is 0. The number of hydrogen-bond acceptors (Lipinski definition) is 4. The van der Waals surface area contributed by atoms with Gasteiger partial charge in [0.25, 0.3) is 0 Å². The average molecular weight is 295 g/mol. The van der Waals surface area contributed by atoms with E-state index in [-0.39, 0.29) is 0 Å². The van der Waals surface area contributed by atoms with Gasteiger partial charge in [0.1, 0.15) is 0 Å². The standard InChI is InChI=1S/C14H21N3O2S/c15-12-4-3-5-14(10-12)20(18,19)17-9-6-13(11-17)16-7-1-2-8-16/h3-5,10,13H,1-2,6-9,11,15H2. The fourth-order valence-electron chi connectivity index (χ4n) is 3.16. The molecular formula is C14H21N3O2S. The van der Waals surface area contributed by atoms with Crippen LogP contribution in [-0.2, 0) is 10.0 Å². The molecule has 0 spiro atoms. The Morgan fingerprint density at radius 1 is 1.15 bits per heavy atom. The molecular weight excluding hydrogens is 274 g/mol. The van der Waals surface area contributed by atoms with Crippen molar-refractivity contribution in [3.8, 4) is 0 Å². The van der Waals surface area contributed by atoms with Crippen LogP contribution in [0.15, 0.2) is 29.2 Å². The van der Waals surface area contributed by atoms with Crippen molar-refractivity contribution in [3.63, 3.8) is 0 Å². The van der Waals surface area contributed by atoms with Crippen molar-refractivity contribution in [1.29, 1.82) is 0 Å². The second kappa shape index (κ2) is 5.35. The summed E-state index contributed by atoms with van der Waals surface area (Å²) in [7, 11) is -3.40. The third-order valence-corrected chi connectivity index (χ3v) is 6.14. The first kappa shape index (κ1) is 13.9. The summed E-state index contributed by atoms with van der Waals surface area (Å²) in [6.45, 7) is 3.43. The van der Waals surface area contributed by atoms with Gasteiger partial charge in [-0.1, -0.05) is 6.07 Å². The summed E-state index contributed by atoms with van der Waals surface area (Å²) in [4.78, 5) is 2.73. The maximum Gasteiger partial charge on any atom is 0.243 e. The van der Waals surface area contributed by atoms with E-state index in [4.69, 9.17) is 5.73 Å². The fourth-order valence-corrected chi connectivity index (χ4v) is 4.71. The van der Waals surface area contributed by atoms with Crippen LogP contribution in [0.2, 0.25) is 0 Å². The van der Waals surface area contributed by atoms with Crippen LogP contribution in [-0.4, -0.2) is 49.8 Å². The lowest BCUT2D eigenvalue weighted by molar-refractivity contribution is 0.251. The molecule has 1 unspecified atom stereocenters. The molecule has 0 aliphatic carbocycles. The van der Waals surface area contributed by atoms with E-state index in [9.17, 15) is 8.42 Å².